The lowest BCUT2D eigenvalue weighted by molar-refractivity contribution is -0.132. The van der Waals surface area contributed by atoms with Crippen molar-refractivity contribution in [3.8, 4) is 5.75 Å². The summed E-state index contributed by atoms with van der Waals surface area (Å²) < 4.78 is 5.53. The number of carbonyl (C=O) groups excluding carboxylic acids is 1. The van der Waals surface area contributed by atoms with Gasteiger partial charge in [-0.3, -0.25) is 9.69 Å². The van der Waals surface area contributed by atoms with Crippen LogP contribution in [0.1, 0.15) is 61.8 Å². The van der Waals surface area contributed by atoms with Crippen LogP contribution in [0.3, 0.4) is 0 Å². The monoisotopic (exact) mass is 394 g/mol. The lowest BCUT2D eigenvalue weighted by Gasteiger charge is -2.35. The number of nitrogens with zero attached hydrogens (tertiary/aromatic N) is 4. The van der Waals surface area contributed by atoms with Gasteiger partial charge in [0, 0.05) is 57.0 Å². The zero-order valence-electron chi connectivity index (χ0n) is 17.4. The molecule has 0 spiro atoms. The normalized spacial score (nSPS) is 19.7. The molecule has 0 saturated carbocycles. The molecule has 1 saturated heterocycles. The number of piperidine rings is 1. The third-order valence-corrected chi connectivity index (χ3v) is 5.88. The number of hydrogen-bond donors (Lipinski definition) is 0. The molecule has 154 valence electrons. The molecule has 29 heavy (non-hydrogen) atoms. The van der Waals surface area contributed by atoms with E-state index >= 15 is 0 Å². The molecule has 2 aliphatic heterocycles. The number of aromatic nitrogens is 2. The first-order chi connectivity index (χ1) is 14.1. The highest BCUT2D eigenvalue weighted by Gasteiger charge is 2.29. The first kappa shape index (κ1) is 19.8. The van der Waals surface area contributed by atoms with E-state index in [1.54, 1.807) is 6.92 Å². The van der Waals surface area contributed by atoms with Gasteiger partial charge in [-0.05, 0) is 43.9 Å². The zero-order valence-corrected chi connectivity index (χ0v) is 17.4. The molecule has 3 heterocycles. The van der Waals surface area contributed by atoms with Crippen LogP contribution in [-0.4, -0.2) is 45.4 Å². The Kier molecular flexibility index (Phi) is 6.09. The van der Waals surface area contributed by atoms with Crippen LogP contribution in [-0.2, 0) is 24.3 Å². The molecule has 2 aromatic rings. The Balaban J connectivity index is 1.43. The topological polar surface area (TPSA) is 58.6 Å². The van der Waals surface area contributed by atoms with E-state index in [1.807, 2.05) is 30.2 Å². The van der Waals surface area contributed by atoms with E-state index in [0.717, 1.165) is 69.1 Å². The molecule has 1 unspecified atom stereocenters. The summed E-state index contributed by atoms with van der Waals surface area (Å²) in [5.41, 5.74) is 3.64. The maximum Gasteiger partial charge on any atom is 0.220 e. The van der Waals surface area contributed by atoms with Crippen molar-refractivity contribution in [2.75, 3.05) is 19.7 Å². The number of rotatable bonds is 5. The predicted molar refractivity (Wildman–Crippen MR) is 111 cm³/mol. The van der Waals surface area contributed by atoms with Gasteiger partial charge in [0.15, 0.2) is 5.82 Å². The molecule has 1 aromatic carbocycles. The van der Waals surface area contributed by atoms with Gasteiger partial charge in [0.2, 0.25) is 5.91 Å². The van der Waals surface area contributed by atoms with Crippen molar-refractivity contribution in [1.29, 1.82) is 0 Å². The molecule has 1 aromatic heterocycles. The van der Waals surface area contributed by atoms with Crippen LogP contribution in [0.25, 0.3) is 0 Å². The Morgan fingerprint density at radius 3 is 2.79 bits per heavy atom. The quantitative estimate of drug-likeness (QED) is 0.777. The van der Waals surface area contributed by atoms with Crippen LogP contribution in [0.4, 0.5) is 0 Å². The number of benzene rings is 1. The van der Waals surface area contributed by atoms with Crippen LogP contribution in [0.5, 0.6) is 5.75 Å². The maximum atomic E-state index is 12.0. The molecule has 1 fully saturated rings. The highest BCUT2D eigenvalue weighted by Crippen LogP contribution is 2.30. The average Bonchev–Trinajstić information content (AvgIpc) is 2.75. The standard InChI is InChI=1S/C23H30N4O2/c1-3-29-20-9-7-18(8-10-20)15-26-13-11-21-19(16-26)14-24-23(25-21)22-6-4-5-12-27(22)17(2)28/h7-10,14,22H,3-6,11-13,15-16H2,1-2H3. The van der Waals surface area contributed by atoms with Gasteiger partial charge in [-0.25, -0.2) is 9.97 Å². The Morgan fingerprint density at radius 1 is 1.21 bits per heavy atom. The Labute approximate surface area is 172 Å². The van der Waals surface area contributed by atoms with Crippen LogP contribution in [0.15, 0.2) is 30.5 Å². The van der Waals surface area contributed by atoms with E-state index in [4.69, 9.17) is 9.72 Å². The summed E-state index contributed by atoms with van der Waals surface area (Å²) in [7, 11) is 0. The van der Waals surface area contributed by atoms with Crippen LogP contribution in [0.2, 0.25) is 0 Å². The van der Waals surface area contributed by atoms with E-state index in [-0.39, 0.29) is 11.9 Å². The second-order valence-corrected chi connectivity index (χ2v) is 7.96. The highest BCUT2D eigenvalue weighted by atomic mass is 16.5. The van der Waals surface area contributed by atoms with Crippen molar-refractivity contribution in [1.82, 2.24) is 19.8 Å². The van der Waals surface area contributed by atoms with Crippen molar-refractivity contribution in [2.24, 2.45) is 0 Å². The summed E-state index contributed by atoms with van der Waals surface area (Å²) in [4.78, 5) is 25.9. The van der Waals surface area contributed by atoms with Crippen molar-refractivity contribution in [3.05, 3.63) is 53.1 Å². The van der Waals surface area contributed by atoms with E-state index in [9.17, 15) is 4.79 Å². The van der Waals surface area contributed by atoms with Gasteiger partial charge in [0.05, 0.1) is 12.6 Å². The van der Waals surface area contributed by atoms with Gasteiger partial charge in [0.25, 0.3) is 0 Å². The average molecular weight is 395 g/mol. The number of fused-ring (bicyclic) bond motifs is 1. The number of likely N-dealkylation sites (tertiary alicyclic amines) is 1. The number of hydrogen-bond acceptors (Lipinski definition) is 5. The SMILES string of the molecule is CCOc1ccc(CN2CCc3nc(C4CCCCN4C(C)=O)ncc3C2)cc1. The number of amides is 1. The van der Waals surface area contributed by atoms with E-state index in [0.29, 0.717) is 6.61 Å². The fourth-order valence-corrected chi connectivity index (χ4v) is 4.38. The molecule has 0 bridgehead atoms. The van der Waals surface area contributed by atoms with Gasteiger partial charge in [-0.1, -0.05) is 12.1 Å². The summed E-state index contributed by atoms with van der Waals surface area (Å²) in [6, 6.07) is 8.39. The van der Waals surface area contributed by atoms with Crippen LogP contribution < -0.4 is 4.74 Å². The van der Waals surface area contributed by atoms with Crippen LogP contribution in [0, 0.1) is 0 Å². The van der Waals surface area contributed by atoms with Crippen LogP contribution >= 0.6 is 0 Å². The van der Waals surface area contributed by atoms with Crippen molar-refractivity contribution < 1.29 is 9.53 Å². The van der Waals surface area contributed by atoms with Gasteiger partial charge in [-0.2, -0.15) is 0 Å². The first-order valence-corrected chi connectivity index (χ1v) is 10.7. The minimum absolute atomic E-state index is 0.0356. The predicted octanol–water partition coefficient (Wildman–Crippen LogP) is 3.51. The third kappa shape index (κ3) is 4.58. The second-order valence-electron chi connectivity index (χ2n) is 7.96. The summed E-state index contributed by atoms with van der Waals surface area (Å²) in [6.45, 7) is 7.91. The molecule has 2 aliphatic rings. The van der Waals surface area contributed by atoms with Crippen molar-refractivity contribution >= 4 is 5.91 Å². The summed E-state index contributed by atoms with van der Waals surface area (Å²) in [6.07, 6.45) is 6.07. The molecule has 0 N–H and O–H groups in total. The van der Waals surface area contributed by atoms with Gasteiger partial charge < -0.3 is 9.64 Å². The summed E-state index contributed by atoms with van der Waals surface area (Å²) in [5, 5.41) is 0. The minimum Gasteiger partial charge on any atom is -0.494 e. The highest BCUT2D eigenvalue weighted by molar-refractivity contribution is 5.73. The third-order valence-electron chi connectivity index (χ3n) is 5.88. The molecule has 1 atom stereocenters. The lowest BCUT2D eigenvalue weighted by Crippen LogP contribution is -2.38. The van der Waals surface area contributed by atoms with E-state index < -0.39 is 0 Å². The molecular weight excluding hydrogens is 364 g/mol. The largest absolute Gasteiger partial charge is 0.494 e. The fraction of sp³-hybridized carbons (Fsp3) is 0.522. The van der Waals surface area contributed by atoms with Crippen molar-refractivity contribution in [2.45, 2.75) is 58.7 Å². The summed E-state index contributed by atoms with van der Waals surface area (Å²) >= 11 is 0. The number of ether oxygens (including phenoxy) is 1. The van der Waals surface area contributed by atoms with E-state index in [1.165, 1.54) is 11.1 Å². The Morgan fingerprint density at radius 2 is 2.03 bits per heavy atom. The first-order valence-electron chi connectivity index (χ1n) is 10.7. The molecule has 6 nitrogen and oxygen atoms in total. The van der Waals surface area contributed by atoms with Gasteiger partial charge >= 0.3 is 0 Å². The molecule has 0 aliphatic carbocycles. The Hall–Kier alpha value is -2.47. The lowest BCUT2D eigenvalue weighted by atomic mass is 10.0. The smallest absolute Gasteiger partial charge is 0.220 e. The fourth-order valence-electron chi connectivity index (χ4n) is 4.38. The zero-order chi connectivity index (χ0) is 20.2. The number of carbonyl (C=O) groups is 1. The molecule has 4 rings (SSSR count). The Bertz CT molecular complexity index is 852. The molecular formula is C23H30N4O2. The second kappa shape index (κ2) is 8.91. The molecule has 6 heteroatoms. The minimum atomic E-state index is 0.0356. The maximum absolute atomic E-state index is 12.0. The molecule has 1 amide bonds. The summed E-state index contributed by atoms with van der Waals surface area (Å²) in [5.74, 6) is 1.86. The van der Waals surface area contributed by atoms with Gasteiger partial charge in [-0.15, -0.1) is 0 Å². The van der Waals surface area contributed by atoms with Gasteiger partial charge in [0.1, 0.15) is 5.75 Å². The van der Waals surface area contributed by atoms with Crippen molar-refractivity contribution in [3.63, 3.8) is 0 Å². The molecule has 0 radical (unpaired) electrons. The van der Waals surface area contributed by atoms with E-state index in [2.05, 4.69) is 22.0 Å².